The van der Waals surface area contributed by atoms with Gasteiger partial charge < -0.3 is 15.2 Å². The second-order valence-electron chi connectivity index (χ2n) is 6.17. The van der Waals surface area contributed by atoms with Crippen molar-refractivity contribution < 1.29 is 4.39 Å². The fraction of sp³-hybridized carbons (Fsp3) is 0.350. The van der Waals surface area contributed by atoms with E-state index in [1.54, 1.807) is 0 Å². The van der Waals surface area contributed by atoms with Gasteiger partial charge in [0, 0.05) is 6.54 Å². The van der Waals surface area contributed by atoms with Gasteiger partial charge in [-0.2, -0.15) is 0 Å². The monoisotopic (exact) mass is 340 g/mol. The summed E-state index contributed by atoms with van der Waals surface area (Å²) < 4.78 is 15.3. The zero-order chi connectivity index (χ0) is 17.5. The first-order valence-corrected chi connectivity index (χ1v) is 8.92. The van der Waals surface area contributed by atoms with Gasteiger partial charge in [0.15, 0.2) is 0 Å². The number of halogens is 1. The molecule has 2 N–H and O–H groups in total. The van der Waals surface area contributed by atoms with E-state index >= 15 is 0 Å². The first-order valence-electron chi connectivity index (χ1n) is 8.92. The lowest BCUT2D eigenvalue weighted by atomic mass is 10.2. The molecule has 4 nitrogen and oxygen atoms in total. The van der Waals surface area contributed by atoms with Crippen LogP contribution in [-0.4, -0.2) is 29.2 Å². The van der Waals surface area contributed by atoms with Crippen LogP contribution < -0.4 is 10.6 Å². The number of nitrogens with one attached hydrogen (secondary N) is 2. The van der Waals surface area contributed by atoms with E-state index in [-0.39, 0.29) is 5.82 Å². The predicted octanol–water partition coefficient (Wildman–Crippen LogP) is 4.03. The fourth-order valence-corrected chi connectivity index (χ4v) is 2.86. The Morgan fingerprint density at radius 1 is 1.00 bits per heavy atom. The Morgan fingerprint density at radius 2 is 1.80 bits per heavy atom. The van der Waals surface area contributed by atoms with Gasteiger partial charge in [0.1, 0.15) is 5.82 Å². The van der Waals surface area contributed by atoms with Gasteiger partial charge in [-0.1, -0.05) is 31.2 Å². The van der Waals surface area contributed by atoms with E-state index in [9.17, 15) is 4.39 Å². The third-order valence-corrected chi connectivity index (χ3v) is 4.15. The van der Waals surface area contributed by atoms with Crippen LogP contribution in [0.4, 0.5) is 10.3 Å². The number of nitrogens with zero attached hydrogens (tertiary/aromatic N) is 2. The minimum absolute atomic E-state index is 0.211. The number of aromatic nitrogens is 2. The van der Waals surface area contributed by atoms with Crippen LogP contribution in [0.2, 0.25) is 0 Å². The first-order chi connectivity index (χ1) is 12.3. The van der Waals surface area contributed by atoms with Gasteiger partial charge in [-0.25, -0.2) is 9.37 Å². The molecule has 3 aromatic rings. The lowest BCUT2D eigenvalue weighted by molar-refractivity contribution is 0.626. The quantitative estimate of drug-likeness (QED) is 0.578. The molecule has 25 heavy (non-hydrogen) atoms. The largest absolute Gasteiger partial charge is 0.356 e. The van der Waals surface area contributed by atoms with Crippen molar-refractivity contribution in [3.63, 3.8) is 0 Å². The summed E-state index contributed by atoms with van der Waals surface area (Å²) in [6, 6.07) is 14.7. The Kier molecular flexibility index (Phi) is 6.01. The number of rotatable bonds is 9. The maximum atomic E-state index is 13.2. The van der Waals surface area contributed by atoms with Gasteiger partial charge in [-0.05, 0) is 55.8 Å². The lowest BCUT2D eigenvalue weighted by Gasteiger charge is -2.11. The van der Waals surface area contributed by atoms with Crippen molar-refractivity contribution >= 4 is 17.0 Å². The van der Waals surface area contributed by atoms with Crippen LogP contribution in [0.3, 0.4) is 0 Å². The van der Waals surface area contributed by atoms with E-state index < -0.39 is 0 Å². The number of anilines is 1. The molecular weight excluding hydrogens is 315 g/mol. The Balaban J connectivity index is 1.74. The van der Waals surface area contributed by atoms with Crippen molar-refractivity contribution in [2.45, 2.75) is 26.3 Å². The molecule has 0 unspecified atom stereocenters. The van der Waals surface area contributed by atoms with Crippen molar-refractivity contribution in [1.82, 2.24) is 14.9 Å². The Hall–Kier alpha value is -2.40. The highest BCUT2D eigenvalue weighted by Gasteiger charge is 2.10. The lowest BCUT2D eigenvalue weighted by Crippen LogP contribution is -2.19. The summed E-state index contributed by atoms with van der Waals surface area (Å²) in [5, 5.41) is 6.85. The Morgan fingerprint density at radius 3 is 2.60 bits per heavy atom. The molecule has 3 rings (SSSR count). The van der Waals surface area contributed by atoms with E-state index in [0.717, 1.165) is 55.0 Å². The molecule has 132 valence electrons. The third kappa shape index (κ3) is 4.57. The van der Waals surface area contributed by atoms with E-state index in [1.165, 1.54) is 12.1 Å². The molecule has 0 fully saturated rings. The molecule has 1 heterocycles. The molecule has 0 amide bonds. The van der Waals surface area contributed by atoms with Crippen molar-refractivity contribution in [2.75, 3.05) is 25.0 Å². The number of hydrogen-bond acceptors (Lipinski definition) is 3. The van der Waals surface area contributed by atoms with Crippen LogP contribution >= 0.6 is 0 Å². The summed E-state index contributed by atoms with van der Waals surface area (Å²) in [5.74, 6) is 0.651. The van der Waals surface area contributed by atoms with Crippen molar-refractivity contribution in [3.05, 3.63) is 59.9 Å². The summed E-state index contributed by atoms with van der Waals surface area (Å²) in [7, 11) is 0. The van der Waals surface area contributed by atoms with Crippen LogP contribution in [0.15, 0.2) is 48.5 Å². The number of fused-ring (bicyclic) bond motifs is 1. The van der Waals surface area contributed by atoms with Crippen molar-refractivity contribution in [3.8, 4) is 0 Å². The summed E-state index contributed by atoms with van der Waals surface area (Å²) in [5.41, 5.74) is 3.10. The van der Waals surface area contributed by atoms with Gasteiger partial charge in [0.2, 0.25) is 5.95 Å². The molecule has 0 atom stereocenters. The molecule has 5 heteroatoms. The van der Waals surface area contributed by atoms with Crippen LogP contribution in [0.25, 0.3) is 11.0 Å². The summed E-state index contributed by atoms with van der Waals surface area (Å²) in [6.07, 6.45) is 2.20. The maximum Gasteiger partial charge on any atom is 0.204 e. The van der Waals surface area contributed by atoms with E-state index in [1.807, 2.05) is 30.3 Å². The van der Waals surface area contributed by atoms with Gasteiger partial charge in [0.25, 0.3) is 0 Å². The standard InChI is InChI=1S/C20H25FN4/c1-2-12-22-13-5-14-23-20-24-18-6-3-4-7-19(18)25(20)15-16-8-10-17(21)11-9-16/h3-4,6-11,22H,2,5,12-15H2,1H3,(H,23,24). The molecule has 0 saturated carbocycles. The molecule has 2 aromatic carbocycles. The highest BCUT2D eigenvalue weighted by Crippen LogP contribution is 2.21. The topological polar surface area (TPSA) is 41.9 Å². The number of hydrogen-bond donors (Lipinski definition) is 2. The molecule has 1 aromatic heterocycles. The SMILES string of the molecule is CCCNCCCNc1nc2ccccc2n1Cc1ccc(F)cc1. The van der Waals surface area contributed by atoms with Crippen molar-refractivity contribution in [2.24, 2.45) is 0 Å². The normalized spacial score (nSPS) is 11.1. The molecule has 0 aliphatic carbocycles. The number of benzene rings is 2. The molecule has 0 saturated heterocycles. The van der Waals surface area contributed by atoms with Gasteiger partial charge in [-0.3, -0.25) is 0 Å². The smallest absolute Gasteiger partial charge is 0.204 e. The summed E-state index contributed by atoms with van der Waals surface area (Å²) in [6.45, 7) is 5.76. The zero-order valence-corrected chi connectivity index (χ0v) is 14.6. The highest BCUT2D eigenvalue weighted by atomic mass is 19.1. The average Bonchev–Trinajstić information content (AvgIpc) is 2.97. The number of imidazole rings is 1. The third-order valence-electron chi connectivity index (χ3n) is 4.15. The highest BCUT2D eigenvalue weighted by molar-refractivity contribution is 5.78. The van der Waals surface area contributed by atoms with Crippen LogP contribution in [0.1, 0.15) is 25.3 Å². The van der Waals surface area contributed by atoms with Gasteiger partial charge in [0.05, 0.1) is 17.6 Å². The van der Waals surface area contributed by atoms with Crippen LogP contribution in [-0.2, 0) is 6.54 Å². The summed E-state index contributed by atoms with van der Waals surface area (Å²) >= 11 is 0. The Bertz CT molecular complexity index is 795. The fourth-order valence-electron chi connectivity index (χ4n) is 2.86. The minimum Gasteiger partial charge on any atom is -0.356 e. The Labute approximate surface area is 148 Å². The van der Waals surface area contributed by atoms with Crippen LogP contribution in [0.5, 0.6) is 0 Å². The second-order valence-corrected chi connectivity index (χ2v) is 6.17. The van der Waals surface area contributed by atoms with Crippen LogP contribution in [0, 0.1) is 5.82 Å². The van der Waals surface area contributed by atoms with E-state index in [2.05, 4.69) is 28.2 Å². The van der Waals surface area contributed by atoms with E-state index in [0.29, 0.717) is 6.54 Å². The molecule has 0 radical (unpaired) electrons. The van der Waals surface area contributed by atoms with Gasteiger partial charge >= 0.3 is 0 Å². The van der Waals surface area contributed by atoms with Crippen molar-refractivity contribution in [1.29, 1.82) is 0 Å². The average molecular weight is 340 g/mol. The minimum atomic E-state index is -0.211. The first kappa shape index (κ1) is 17.4. The molecule has 0 spiro atoms. The molecule has 0 bridgehead atoms. The molecule has 0 aliphatic heterocycles. The zero-order valence-electron chi connectivity index (χ0n) is 14.6. The predicted molar refractivity (Wildman–Crippen MR) is 102 cm³/mol. The second kappa shape index (κ2) is 8.62. The number of para-hydroxylation sites is 2. The van der Waals surface area contributed by atoms with Gasteiger partial charge in [-0.15, -0.1) is 0 Å². The van der Waals surface area contributed by atoms with E-state index in [4.69, 9.17) is 4.98 Å². The maximum absolute atomic E-state index is 13.2. The molecule has 0 aliphatic rings. The molecular formula is C20H25FN4. The summed E-state index contributed by atoms with van der Waals surface area (Å²) in [4.78, 5) is 4.72.